The third kappa shape index (κ3) is 2.71. The highest BCUT2D eigenvalue weighted by molar-refractivity contribution is 9.13. The number of fused-ring (bicyclic) bond motifs is 5. The molecule has 2 aromatic rings. The van der Waals surface area contributed by atoms with Gasteiger partial charge in [-0.15, -0.1) is 0 Å². The van der Waals surface area contributed by atoms with Gasteiger partial charge in [-0.1, -0.05) is 11.8 Å². The first kappa shape index (κ1) is 15.3. The molecule has 2 aliphatic rings. The van der Waals surface area contributed by atoms with Crippen molar-refractivity contribution in [3.63, 3.8) is 0 Å². The highest BCUT2D eigenvalue weighted by atomic mass is 79.9. The summed E-state index contributed by atoms with van der Waals surface area (Å²) in [6.45, 7) is 0. The fourth-order valence-corrected chi connectivity index (χ4v) is 3.98. The lowest BCUT2D eigenvalue weighted by Crippen LogP contribution is -2.09. The average Bonchev–Trinajstić information content (AvgIpc) is 3.13. The second-order valence-corrected chi connectivity index (χ2v) is 7.49. The van der Waals surface area contributed by atoms with E-state index in [4.69, 9.17) is 9.47 Å². The second kappa shape index (κ2) is 5.98. The van der Waals surface area contributed by atoms with E-state index in [1.165, 1.54) is 11.1 Å². The number of methoxy groups -OCH3 is 1. The fraction of sp³-hybridized carbons (Fsp3) is 0.263. The Balaban J connectivity index is 1.59. The molecule has 0 amide bonds. The number of rotatable bonds is 1. The molecule has 0 spiro atoms. The monoisotopic (exact) mass is 432 g/mol. The van der Waals surface area contributed by atoms with E-state index in [2.05, 4.69) is 55.8 Å². The Morgan fingerprint density at radius 3 is 2.48 bits per heavy atom. The number of ether oxygens (including phenoxy) is 2. The van der Waals surface area contributed by atoms with Gasteiger partial charge in [0.05, 0.1) is 25.2 Å². The minimum atomic E-state index is 0.0881. The molecular weight excluding hydrogens is 420 g/mol. The zero-order chi connectivity index (χ0) is 16.0. The van der Waals surface area contributed by atoms with Gasteiger partial charge in [0.2, 0.25) is 0 Å². The van der Waals surface area contributed by atoms with Crippen LogP contribution in [0.15, 0.2) is 45.3 Å². The molecule has 116 valence electrons. The normalized spacial score (nSPS) is 24.0. The van der Waals surface area contributed by atoms with Crippen molar-refractivity contribution in [1.29, 1.82) is 0 Å². The molecule has 0 aliphatic carbocycles. The molecule has 4 heteroatoms. The van der Waals surface area contributed by atoms with Crippen LogP contribution in [0.25, 0.3) is 0 Å². The Kier molecular flexibility index (Phi) is 3.96. The van der Waals surface area contributed by atoms with Gasteiger partial charge in [0.25, 0.3) is 0 Å². The second-order valence-electron chi connectivity index (χ2n) is 5.78. The lowest BCUT2D eigenvalue weighted by molar-refractivity contribution is 0.0656. The minimum Gasteiger partial charge on any atom is -0.497 e. The maximum atomic E-state index is 6.13. The van der Waals surface area contributed by atoms with Crippen LogP contribution in [0.2, 0.25) is 0 Å². The van der Waals surface area contributed by atoms with Crippen LogP contribution in [0.5, 0.6) is 5.75 Å². The zero-order valence-corrected chi connectivity index (χ0v) is 15.6. The molecule has 2 heterocycles. The number of hydrogen-bond acceptors (Lipinski definition) is 2. The maximum Gasteiger partial charge on any atom is 0.118 e. The van der Waals surface area contributed by atoms with E-state index in [0.29, 0.717) is 0 Å². The highest BCUT2D eigenvalue weighted by Crippen LogP contribution is 2.54. The summed E-state index contributed by atoms with van der Waals surface area (Å²) in [6.07, 6.45) is 1.23. The molecule has 2 unspecified atom stereocenters. The molecule has 2 aliphatic heterocycles. The first-order valence-electron chi connectivity index (χ1n) is 7.45. The highest BCUT2D eigenvalue weighted by Gasteiger charge is 2.44. The van der Waals surface area contributed by atoms with Gasteiger partial charge in [-0.2, -0.15) is 0 Å². The first-order valence-corrected chi connectivity index (χ1v) is 9.04. The van der Waals surface area contributed by atoms with E-state index in [1.807, 2.05) is 24.3 Å². The molecule has 23 heavy (non-hydrogen) atoms. The molecule has 2 nitrogen and oxygen atoms in total. The van der Waals surface area contributed by atoms with E-state index in [9.17, 15) is 0 Å². The van der Waals surface area contributed by atoms with Crippen LogP contribution >= 0.6 is 31.9 Å². The van der Waals surface area contributed by atoms with Crippen molar-refractivity contribution in [2.75, 3.05) is 7.11 Å². The molecule has 0 saturated carbocycles. The van der Waals surface area contributed by atoms with Gasteiger partial charge < -0.3 is 9.47 Å². The topological polar surface area (TPSA) is 18.5 Å². The molecule has 0 N–H and O–H groups in total. The molecule has 4 rings (SSSR count). The predicted molar refractivity (Wildman–Crippen MR) is 96.4 cm³/mol. The molecule has 2 bridgehead atoms. The summed E-state index contributed by atoms with van der Waals surface area (Å²) < 4.78 is 13.4. The van der Waals surface area contributed by atoms with Crippen molar-refractivity contribution < 1.29 is 9.47 Å². The molecule has 1 fully saturated rings. The van der Waals surface area contributed by atoms with Gasteiger partial charge in [-0.05, 0) is 85.8 Å². The van der Waals surface area contributed by atoms with Crippen LogP contribution in [0, 0.1) is 17.8 Å². The summed E-state index contributed by atoms with van der Waals surface area (Å²) in [5, 5.41) is 0. The van der Waals surface area contributed by atoms with E-state index in [1.54, 1.807) is 7.11 Å². The number of hydrogen-bond donors (Lipinski definition) is 0. The van der Waals surface area contributed by atoms with Crippen LogP contribution in [0.3, 0.4) is 0 Å². The van der Waals surface area contributed by atoms with Gasteiger partial charge in [0.15, 0.2) is 0 Å². The molecule has 1 saturated heterocycles. The average molecular weight is 434 g/mol. The quantitative estimate of drug-likeness (QED) is 0.560. The minimum absolute atomic E-state index is 0.0881. The maximum absolute atomic E-state index is 6.13. The number of halogens is 2. The lowest BCUT2D eigenvalue weighted by atomic mass is 9.84. The van der Waals surface area contributed by atoms with Crippen LogP contribution in [-0.4, -0.2) is 7.11 Å². The summed E-state index contributed by atoms with van der Waals surface area (Å²) in [4.78, 5) is 0. The van der Waals surface area contributed by atoms with Crippen molar-refractivity contribution in [1.82, 2.24) is 0 Å². The Bertz CT molecular complexity index is 818. The zero-order valence-electron chi connectivity index (χ0n) is 12.5. The Morgan fingerprint density at radius 2 is 1.78 bits per heavy atom. The Labute approximate surface area is 152 Å². The lowest BCUT2D eigenvalue weighted by Gasteiger charge is -2.17. The van der Waals surface area contributed by atoms with Crippen LogP contribution in [-0.2, 0) is 4.74 Å². The summed E-state index contributed by atoms with van der Waals surface area (Å²) in [6, 6.07) is 12.2. The van der Waals surface area contributed by atoms with Gasteiger partial charge in [-0.25, -0.2) is 0 Å². The van der Waals surface area contributed by atoms with Gasteiger partial charge in [0, 0.05) is 14.5 Å². The summed E-state index contributed by atoms with van der Waals surface area (Å²) >= 11 is 7.15. The van der Waals surface area contributed by atoms with Crippen LogP contribution in [0.1, 0.15) is 35.3 Å². The third-order valence-electron chi connectivity index (χ3n) is 4.42. The largest absolute Gasteiger partial charge is 0.497 e. The van der Waals surface area contributed by atoms with E-state index < -0.39 is 0 Å². The fourth-order valence-electron chi connectivity index (χ4n) is 3.26. The molecule has 0 aromatic heterocycles. The van der Waals surface area contributed by atoms with Crippen LogP contribution in [0.4, 0.5) is 0 Å². The Hall–Kier alpha value is -1.28. The van der Waals surface area contributed by atoms with Crippen molar-refractivity contribution in [2.45, 2.75) is 18.6 Å². The Morgan fingerprint density at radius 1 is 1.09 bits per heavy atom. The van der Waals surface area contributed by atoms with Gasteiger partial charge in [-0.3, -0.25) is 0 Å². The predicted octanol–water partition coefficient (Wildman–Crippen LogP) is 5.40. The first-order chi connectivity index (χ1) is 11.2. The smallest absolute Gasteiger partial charge is 0.118 e. The summed E-state index contributed by atoms with van der Waals surface area (Å²) in [5.41, 5.74) is 3.57. The summed E-state index contributed by atoms with van der Waals surface area (Å²) in [5.74, 6) is 7.77. The van der Waals surface area contributed by atoms with Gasteiger partial charge in [0.1, 0.15) is 5.75 Å². The molecular formula is C19H14Br2O2. The summed E-state index contributed by atoms with van der Waals surface area (Å²) in [7, 11) is 1.67. The number of benzene rings is 2. The standard InChI is InChI=1S/C19H14Br2O2/c1-22-13-6-3-11(4-7-13)2-5-12-8-18-14-9-16(20)17(21)10-15(14)19(12)23-18/h3-4,6-7,9-10,12,18-19H,8H2,1H3/t12-,18?,19?/m0/s1. The van der Waals surface area contributed by atoms with Crippen molar-refractivity contribution in [2.24, 2.45) is 5.92 Å². The van der Waals surface area contributed by atoms with E-state index >= 15 is 0 Å². The van der Waals surface area contributed by atoms with E-state index in [0.717, 1.165) is 26.7 Å². The van der Waals surface area contributed by atoms with Crippen LogP contribution < -0.4 is 4.74 Å². The molecule has 0 radical (unpaired) electrons. The van der Waals surface area contributed by atoms with Crippen molar-refractivity contribution in [3.05, 3.63) is 62.0 Å². The SMILES string of the molecule is COc1ccc(C#C[C@H]2CC3OC2c2cc(Br)c(Br)cc23)cc1. The van der Waals surface area contributed by atoms with Gasteiger partial charge >= 0.3 is 0 Å². The molecule has 2 aromatic carbocycles. The van der Waals surface area contributed by atoms with Crippen molar-refractivity contribution >= 4 is 31.9 Å². The van der Waals surface area contributed by atoms with Crippen molar-refractivity contribution in [3.8, 4) is 17.6 Å². The molecule has 3 atom stereocenters. The third-order valence-corrected chi connectivity index (χ3v) is 6.26. The van der Waals surface area contributed by atoms with E-state index in [-0.39, 0.29) is 18.1 Å².